The Kier molecular flexibility index (Phi) is 5.89. The van der Waals surface area contributed by atoms with Crippen LogP contribution in [0.3, 0.4) is 0 Å². The first-order valence-electron chi connectivity index (χ1n) is 8.08. The second-order valence-electron chi connectivity index (χ2n) is 5.90. The quantitative estimate of drug-likeness (QED) is 0.637. The molecule has 0 aromatic heterocycles. The molecule has 0 aliphatic carbocycles. The first kappa shape index (κ1) is 19.5. The van der Waals surface area contributed by atoms with Gasteiger partial charge in [0.05, 0.1) is 23.7 Å². The first-order valence-corrected chi connectivity index (χ1v) is 9.24. The third-order valence-electron chi connectivity index (χ3n) is 4.10. The predicted octanol–water partition coefficient (Wildman–Crippen LogP) is 4.43. The van der Waals surface area contributed by atoms with E-state index in [4.69, 9.17) is 40.2 Å². The molecule has 1 aliphatic heterocycles. The lowest BCUT2D eigenvalue weighted by molar-refractivity contribution is -0.113. The molecule has 27 heavy (non-hydrogen) atoms. The van der Waals surface area contributed by atoms with Crippen LogP contribution in [0.1, 0.15) is 18.5 Å². The van der Waals surface area contributed by atoms with Crippen molar-refractivity contribution in [2.24, 2.45) is 0 Å². The summed E-state index contributed by atoms with van der Waals surface area (Å²) in [5.41, 5.74) is 2.40. The van der Waals surface area contributed by atoms with Gasteiger partial charge >= 0.3 is 0 Å². The van der Waals surface area contributed by atoms with Gasteiger partial charge < -0.3 is 20.7 Å². The summed E-state index contributed by atoms with van der Waals surface area (Å²) in [6.45, 7) is 1.79. The van der Waals surface area contributed by atoms with Crippen LogP contribution in [0.5, 0.6) is 5.75 Å². The smallest absolute Gasteiger partial charge is 0.255 e. The van der Waals surface area contributed by atoms with Crippen LogP contribution < -0.4 is 20.7 Å². The second kappa shape index (κ2) is 8.17. The molecule has 0 spiro atoms. The van der Waals surface area contributed by atoms with Gasteiger partial charge in [-0.25, -0.2) is 0 Å². The van der Waals surface area contributed by atoms with Crippen LogP contribution in [0.2, 0.25) is 10.0 Å². The van der Waals surface area contributed by atoms with Crippen molar-refractivity contribution in [1.29, 1.82) is 0 Å². The summed E-state index contributed by atoms with van der Waals surface area (Å²) >= 11 is 17.8. The number of hydrogen-bond acceptors (Lipinski definition) is 3. The Hall–Kier alpha value is -2.28. The Morgan fingerprint density at radius 2 is 1.93 bits per heavy atom. The average molecular weight is 422 g/mol. The number of rotatable bonds is 4. The summed E-state index contributed by atoms with van der Waals surface area (Å²) < 4.78 is 5.45. The number of carbonyl (C=O) groups excluding carboxylic acids is 1. The molecular formula is C19H17Cl2N3O2S. The molecule has 1 heterocycles. The van der Waals surface area contributed by atoms with E-state index in [2.05, 4.69) is 16.0 Å². The third kappa shape index (κ3) is 4.18. The van der Waals surface area contributed by atoms with E-state index in [-0.39, 0.29) is 5.91 Å². The minimum absolute atomic E-state index is 0.274. The van der Waals surface area contributed by atoms with Crippen LogP contribution >= 0.6 is 35.4 Å². The largest absolute Gasteiger partial charge is 0.495 e. The minimum atomic E-state index is -0.575. The van der Waals surface area contributed by atoms with Gasteiger partial charge in [0.1, 0.15) is 5.75 Å². The van der Waals surface area contributed by atoms with Crippen molar-refractivity contribution in [2.75, 3.05) is 12.4 Å². The number of hydrogen-bond donors (Lipinski definition) is 3. The number of benzene rings is 2. The topological polar surface area (TPSA) is 62.4 Å². The molecule has 2 aromatic carbocycles. The molecule has 2 aromatic rings. The fourth-order valence-electron chi connectivity index (χ4n) is 2.96. The molecule has 0 saturated heterocycles. The van der Waals surface area contributed by atoms with E-state index in [1.807, 2.05) is 30.3 Å². The van der Waals surface area contributed by atoms with Gasteiger partial charge in [-0.15, -0.1) is 0 Å². The van der Waals surface area contributed by atoms with Gasteiger partial charge in [0.2, 0.25) is 0 Å². The van der Waals surface area contributed by atoms with E-state index in [0.717, 1.165) is 0 Å². The molecule has 1 aliphatic rings. The molecule has 0 unspecified atom stereocenters. The second-order valence-corrected chi connectivity index (χ2v) is 7.15. The predicted molar refractivity (Wildman–Crippen MR) is 112 cm³/mol. The maximum atomic E-state index is 13.0. The van der Waals surface area contributed by atoms with Crippen LogP contribution in [0.25, 0.3) is 0 Å². The maximum absolute atomic E-state index is 13.0. The highest BCUT2D eigenvalue weighted by molar-refractivity contribution is 7.80. The number of methoxy groups -OCH3 is 1. The number of halogens is 2. The molecule has 0 bridgehead atoms. The van der Waals surface area contributed by atoms with Crippen LogP contribution in [-0.4, -0.2) is 18.1 Å². The normalized spacial score (nSPS) is 16.4. The molecule has 0 radical (unpaired) electrons. The number of para-hydroxylation sites is 1. The molecular weight excluding hydrogens is 405 g/mol. The molecule has 0 fully saturated rings. The zero-order chi connectivity index (χ0) is 19.6. The highest BCUT2D eigenvalue weighted by Crippen LogP contribution is 2.39. The molecule has 1 atom stereocenters. The van der Waals surface area contributed by atoms with Gasteiger partial charge in [-0.1, -0.05) is 41.4 Å². The summed E-state index contributed by atoms with van der Waals surface area (Å²) in [5, 5.41) is 10.2. The maximum Gasteiger partial charge on any atom is 0.255 e. The average Bonchev–Trinajstić information content (AvgIpc) is 2.61. The SMILES string of the molecule is COc1c(Cl)cc(Cl)cc1[C@@H]1NC(=S)NC(C)=C1C(=O)Nc1ccccc1. The Labute approximate surface area is 172 Å². The summed E-state index contributed by atoms with van der Waals surface area (Å²) in [6.07, 6.45) is 0. The van der Waals surface area contributed by atoms with E-state index in [1.165, 1.54) is 7.11 Å². The summed E-state index contributed by atoms with van der Waals surface area (Å²) in [7, 11) is 1.51. The van der Waals surface area contributed by atoms with Crippen molar-refractivity contribution in [3.63, 3.8) is 0 Å². The van der Waals surface area contributed by atoms with Gasteiger partial charge in [-0.3, -0.25) is 4.79 Å². The number of nitrogens with one attached hydrogen (secondary N) is 3. The molecule has 8 heteroatoms. The van der Waals surface area contributed by atoms with Gasteiger partial charge in [-0.05, 0) is 43.4 Å². The Balaban J connectivity index is 2.06. The molecule has 0 saturated carbocycles. The Morgan fingerprint density at radius 3 is 2.59 bits per heavy atom. The third-order valence-corrected chi connectivity index (χ3v) is 4.82. The lowest BCUT2D eigenvalue weighted by Gasteiger charge is -2.31. The minimum Gasteiger partial charge on any atom is -0.495 e. The van der Waals surface area contributed by atoms with E-state index in [9.17, 15) is 4.79 Å². The Morgan fingerprint density at radius 1 is 1.22 bits per heavy atom. The van der Waals surface area contributed by atoms with Crippen molar-refractivity contribution in [3.05, 3.63) is 69.3 Å². The summed E-state index contributed by atoms with van der Waals surface area (Å²) in [4.78, 5) is 13.0. The van der Waals surface area contributed by atoms with Gasteiger partial charge in [-0.2, -0.15) is 0 Å². The van der Waals surface area contributed by atoms with E-state index >= 15 is 0 Å². The molecule has 1 amide bonds. The van der Waals surface area contributed by atoms with Crippen LogP contribution in [0.15, 0.2) is 53.7 Å². The number of amides is 1. The zero-order valence-electron chi connectivity index (χ0n) is 14.6. The highest BCUT2D eigenvalue weighted by Gasteiger charge is 2.32. The van der Waals surface area contributed by atoms with Crippen molar-refractivity contribution >= 4 is 52.1 Å². The number of anilines is 1. The first-order chi connectivity index (χ1) is 12.9. The summed E-state index contributed by atoms with van der Waals surface area (Å²) in [6, 6.07) is 11.9. The van der Waals surface area contributed by atoms with Gasteiger partial charge in [0.15, 0.2) is 5.11 Å². The van der Waals surface area contributed by atoms with Gasteiger partial charge in [0.25, 0.3) is 5.91 Å². The molecule has 5 nitrogen and oxygen atoms in total. The molecule has 3 N–H and O–H groups in total. The molecule has 3 rings (SSSR count). The lowest BCUT2D eigenvalue weighted by Crippen LogP contribution is -2.45. The fourth-order valence-corrected chi connectivity index (χ4v) is 3.82. The summed E-state index contributed by atoms with van der Waals surface area (Å²) in [5.74, 6) is 0.158. The number of carbonyl (C=O) groups is 1. The fraction of sp³-hybridized carbons (Fsp3) is 0.158. The van der Waals surface area contributed by atoms with Crippen molar-refractivity contribution in [2.45, 2.75) is 13.0 Å². The number of allylic oxidation sites excluding steroid dienone is 1. The highest BCUT2D eigenvalue weighted by atomic mass is 35.5. The standard InChI is InChI=1S/C19H17Cl2N3O2S/c1-10-15(18(25)23-12-6-4-3-5-7-12)16(24-19(27)22-10)13-8-11(20)9-14(21)17(13)26-2/h3-9,16H,1-2H3,(H,23,25)(H2,22,24,27)/t16-/m0/s1. The van der Waals surface area contributed by atoms with Crippen LogP contribution in [-0.2, 0) is 4.79 Å². The van der Waals surface area contributed by atoms with E-state index in [1.54, 1.807) is 19.1 Å². The van der Waals surface area contributed by atoms with E-state index < -0.39 is 6.04 Å². The van der Waals surface area contributed by atoms with Crippen molar-refractivity contribution in [3.8, 4) is 5.75 Å². The Bertz CT molecular complexity index is 932. The van der Waals surface area contributed by atoms with Gasteiger partial charge in [0, 0.05) is 22.0 Å². The number of ether oxygens (including phenoxy) is 1. The number of thiocarbonyl (C=S) groups is 1. The zero-order valence-corrected chi connectivity index (χ0v) is 16.9. The van der Waals surface area contributed by atoms with Crippen molar-refractivity contribution < 1.29 is 9.53 Å². The monoisotopic (exact) mass is 421 g/mol. The van der Waals surface area contributed by atoms with E-state index in [0.29, 0.717) is 43.4 Å². The molecule has 140 valence electrons. The van der Waals surface area contributed by atoms with Crippen molar-refractivity contribution in [1.82, 2.24) is 10.6 Å². The lowest BCUT2D eigenvalue weighted by atomic mass is 9.94. The van der Waals surface area contributed by atoms with Crippen LogP contribution in [0, 0.1) is 0 Å². The van der Waals surface area contributed by atoms with Crippen LogP contribution in [0.4, 0.5) is 5.69 Å².